The third kappa shape index (κ3) is 6.77. The van der Waals surface area contributed by atoms with Gasteiger partial charge in [0, 0.05) is 45.8 Å². The first-order chi connectivity index (χ1) is 17.9. The van der Waals surface area contributed by atoms with E-state index in [-0.39, 0.29) is 17.8 Å². The normalized spacial score (nSPS) is 14.1. The second-order valence-corrected chi connectivity index (χ2v) is 9.60. The van der Waals surface area contributed by atoms with Crippen LogP contribution in [0.2, 0.25) is 0 Å². The number of anilines is 1. The Morgan fingerprint density at radius 3 is 2.35 bits per heavy atom. The number of piperazine rings is 1. The van der Waals surface area contributed by atoms with Crippen LogP contribution in [-0.2, 0) is 6.54 Å². The molecule has 2 aromatic carbocycles. The minimum atomic E-state index is -0.0809. The molecule has 1 aliphatic rings. The first-order valence-corrected chi connectivity index (χ1v) is 13.1. The minimum absolute atomic E-state index is 0.0747. The molecule has 2 heterocycles. The highest BCUT2D eigenvalue weighted by molar-refractivity contribution is 5.92. The Hall–Kier alpha value is -3.65. The van der Waals surface area contributed by atoms with E-state index in [1.807, 2.05) is 52.0 Å². The Kier molecular flexibility index (Phi) is 8.61. The van der Waals surface area contributed by atoms with Crippen LogP contribution < -0.4 is 9.64 Å². The summed E-state index contributed by atoms with van der Waals surface area (Å²) in [5.74, 6) is 1.80. The third-order valence-electron chi connectivity index (χ3n) is 6.54. The number of rotatable bonds is 9. The number of nitrogens with zero attached hydrogens (tertiary/aromatic N) is 5. The average molecular weight is 504 g/mol. The SMILES string of the molecule is CCN(CC)C(=O)c1ccc(N2CCN(Cc3cc(OC(C)C)cc(-c4cccc(O)c4)c3)CC2)nn1. The number of hydrogen-bond donors (Lipinski definition) is 1. The molecule has 8 nitrogen and oxygen atoms in total. The quantitative estimate of drug-likeness (QED) is 0.462. The van der Waals surface area contributed by atoms with Crippen LogP contribution in [0.1, 0.15) is 43.7 Å². The van der Waals surface area contributed by atoms with Crippen LogP contribution in [0.5, 0.6) is 11.5 Å². The number of ether oxygens (including phenoxy) is 1. The van der Waals surface area contributed by atoms with Crippen molar-refractivity contribution in [3.05, 3.63) is 65.9 Å². The van der Waals surface area contributed by atoms with Gasteiger partial charge in [-0.3, -0.25) is 9.69 Å². The van der Waals surface area contributed by atoms with E-state index in [2.05, 4.69) is 32.1 Å². The lowest BCUT2D eigenvalue weighted by Crippen LogP contribution is -2.46. The third-order valence-corrected chi connectivity index (χ3v) is 6.54. The predicted molar refractivity (Wildman–Crippen MR) is 146 cm³/mol. The van der Waals surface area contributed by atoms with Gasteiger partial charge >= 0.3 is 0 Å². The van der Waals surface area contributed by atoms with E-state index in [1.54, 1.807) is 23.1 Å². The lowest BCUT2D eigenvalue weighted by Gasteiger charge is -2.35. The van der Waals surface area contributed by atoms with Gasteiger partial charge < -0.3 is 19.6 Å². The van der Waals surface area contributed by atoms with Crippen molar-refractivity contribution in [2.75, 3.05) is 44.2 Å². The van der Waals surface area contributed by atoms with Gasteiger partial charge in [0.05, 0.1) is 6.10 Å². The highest BCUT2D eigenvalue weighted by atomic mass is 16.5. The molecule has 1 fully saturated rings. The molecule has 196 valence electrons. The van der Waals surface area contributed by atoms with E-state index < -0.39 is 0 Å². The number of phenols is 1. The van der Waals surface area contributed by atoms with E-state index in [4.69, 9.17) is 4.74 Å². The maximum absolute atomic E-state index is 12.5. The number of benzene rings is 2. The van der Waals surface area contributed by atoms with Crippen LogP contribution in [0.3, 0.4) is 0 Å². The van der Waals surface area contributed by atoms with Crippen molar-refractivity contribution in [2.45, 2.75) is 40.3 Å². The number of aromatic hydroxyl groups is 1. The Morgan fingerprint density at radius 2 is 1.73 bits per heavy atom. The fourth-order valence-corrected chi connectivity index (χ4v) is 4.62. The molecule has 1 aromatic heterocycles. The molecule has 8 heteroatoms. The number of hydrogen-bond acceptors (Lipinski definition) is 7. The molecule has 1 N–H and O–H groups in total. The second-order valence-electron chi connectivity index (χ2n) is 9.60. The largest absolute Gasteiger partial charge is 0.508 e. The van der Waals surface area contributed by atoms with Crippen molar-refractivity contribution < 1.29 is 14.6 Å². The summed E-state index contributed by atoms with van der Waals surface area (Å²) < 4.78 is 6.04. The van der Waals surface area contributed by atoms with E-state index >= 15 is 0 Å². The second kappa shape index (κ2) is 12.1. The van der Waals surface area contributed by atoms with Gasteiger partial charge in [-0.2, -0.15) is 0 Å². The molecule has 1 aliphatic heterocycles. The Balaban J connectivity index is 1.41. The first-order valence-electron chi connectivity index (χ1n) is 13.1. The summed E-state index contributed by atoms with van der Waals surface area (Å²) in [6.07, 6.45) is 0.0747. The molecule has 0 aliphatic carbocycles. The van der Waals surface area contributed by atoms with E-state index in [1.165, 1.54) is 5.56 Å². The van der Waals surface area contributed by atoms with Crippen molar-refractivity contribution in [3.63, 3.8) is 0 Å². The molecule has 1 saturated heterocycles. The van der Waals surface area contributed by atoms with Crippen LogP contribution in [0.15, 0.2) is 54.6 Å². The van der Waals surface area contributed by atoms with Crippen LogP contribution in [0, 0.1) is 0 Å². The average Bonchev–Trinajstić information content (AvgIpc) is 2.89. The lowest BCUT2D eigenvalue weighted by molar-refractivity contribution is 0.0766. The number of amides is 1. The molecular weight excluding hydrogens is 466 g/mol. The molecule has 0 spiro atoms. The summed E-state index contributed by atoms with van der Waals surface area (Å²) >= 11 is 0. The molecule has 1 amide bonds. The number of carbonyl (C=O) groups excluding carboxylic acids is 1. The number of carbonyl (C=O) groups is 1. The summed E-state index contributed by atoms with van der Waals surface area (Å²) in [6, 6.07) is 17.3. The molecule has 0 unspecified atom stereocenters. The standard InChI is InChI=1S/C29H37N5O3/c1-5-33(6-2)29(36)27-10-11-28(31-30-27)34-14-12-32(13-15-34)20-22-16-24(19-26(17-22)37-21(3)4)23-8-7-9-25(35)18-23/h7-11,16-19,21,35H,5-6,12-15,20H2,1-4H3. The summed E-state index contributed by atoms with van der Waals surface area (Å²) in [5.41, 5.74) is 3.54. The molecular formula is C29H37N5O3. The molecule has 0 atom stereocenters. The summed E-state index contributed by atoms with van der Waals surface area (Å²) in [5, 5.41) is 18.5. The van der Waals surface area contributed by atoms with Gasteiger partial charge in [-0.1, -0.05) is 12.1 Å². The zero-order valence-corrected chi connectivity index (χ0v) is 22.2. The predicted octanol–water partition coefficient (Wildman–Crippen LogP) is 4.44. The molecule has 0 radical (unpaired) electrons. The Bertz CT molecular complexity index is 1190. The van der Waals surface area contributed by atoms with E-state index in [9.17, 15) is 9.90 Å². The van der Waals surface area contributed by atoms with Crippen LogP contribution in [0.25, 0.3) is 11.1 Å². The van der Waals surface area contributed by atoms with Gasteiger partial charge in [0.15, 0.2) is 11.5 Å². The van der Waals surface area contributed by atoms with Gasteiger partial charge in [-0.05, 0) is 86.8 Å². The van der Waals surface area contributed by atoms with Crippen LogP contribution in [-0.4, -0.2) is 76.4 Å². The van der Waals surface area contributed by atoms with Crippen molar-refractivity contribution >= 4 is 11.7 Å². The zero-order valence-electron chi connectivity index (χ0n) is 22.2. The number of phenolic OH excluding ortho intramolecular Hbond substituents is 1. The smallest absolute Gasteiger partial charge is 0.274 e. The van der Waals surface area contributed by atoms with Crippen LogP contribution >= 0.6 is 0 Å². The molecule has 3 aromatic rings. The van der Waals surface area contributed by atoms with Gasteiger partial charge in [0.1, 0.15) is 11.5 Å². The molecule has 0 saturated carbocycles. The van der Waals surface area contributed by atoms with Gasteiger partial charge in [0.25, 0.3) is 5.91 Å². The number of aromatic nitrogens is 2. The molecule has 4 rings (SSSR count). The zero-order chi connectivity index (χ0) is 26.4. The molecule has 37 heavy (non-hydrogen) atoms. The van der Waals surface area contributed by atoms with Crippen molar-refractivity contribution in [1.29, 1.82) is 0 Å². The fraction of sp³-hybridized carbons (Fsp3) is 0.414. The molecule has 0 bridgehead atoms. The topological polar surface area (TPSA) is 82.0 Å². The van der Waals surface area contributed by atoms with Crippen LogP contribution in [0.4, 0.5) is 5.82 Å². The summed E-state index contributed by atoms with van der Waals surface area (Å²) in [4.78, 5) is 18.9. The fourth-order valence-electron chi connectivity index (χ4n) is 4.62. The monoisotopic (exact) mass is 503 g/mol. The lowest BCUT2D eigenvalue weighted by atomic mass is 10.0. The summed E-state index contributed by atoms with van der Waals surface area (Å²) in [6.45, 7) is 13.5. The van der Waals surface area contributed by atoms with E-state index in [0.717, 1.165) is 55.4 Å². The first kappa shape index (κ1) is 26.4. The van der Waals surface area contributed by atoms with E-state index in [0.29, 0.717) is 18.8 Å². The Morgan fingerprint density at radius 1 is 0.973 bits per heavy atom. The maximum atomic E-state index is 12.5. The van der Waals surface area contributed by atoms with Gasteiger partial charge in [0.2, 0.25) is 0 Å². The van der Waals surface area contributed by atoms with Crippen molar-refractivity contribution in [2.24, 2.45) is 0 Å². The van der Waals surface area contributed by atoms with Crippen molar-refractivity contribution in [3.8, 4) is 22.6 Å². The summed E-state index contributed by atoms with van der Waals surface area (Å²) in [7, 11) is 0. The van der Waals surface area contributed by atoms with Gasteiger partial charge in [-0.15, -0.1) is 10.2 Å². The van der Waals surface area contributed by atoms with Gasteiger partial charge in [-0.25, -0.2) is 0 Å². The maximum Gasteiger partial charge on any atom is 0.274 e. The van der Waals surface area contributed by atoms with Crippen molar-refractivity contribution in [1.82, 2.24) is 20.0 Å². The minimum Gasteiger partial charge on any atom is -0.508 e. The Labute approximate surface area is 219 Å². The highest BCUT2D eigenvalue weighted by Crippen LogP contribution is 2.29. The highest BCUT2D eigenvalue weighted by Gasteiger charge is 2.21.